The molecular weight excluding hydrogens is 386 g/mol. The van der Waals surface area contributed by atoms with Gasteiger partial charge < -0.3 is 4.74 Å². The van der Waals surface area contributed by atoms with Gasteiger partial charge in [0.05, 0.1) is 15.2 Å². The van der Waals surface area contributed by atoms with Crippen LogP contribution in [0.2, 0.25) is 18.1 Å². The summed E-state index contributed by atoms with van der Waals surface area (Å²) in [5.74, 6) is -9.73. The molecule has 0 heterocycles. The monoisotopic (exact) mass is 412 g/mol. The fourth-order valence-electron chi connectivity index (χ4n) is 3.30. The van der Waals surface area contributed by atoms with Crippen LogP contribution >= 0.6 is 0 Å². The summed E-state index contributed by atoms with van der Waals surface area (Å²) in [6.07, 6.45) is -3.42. The van der Waals surface area contributed by atoms with Gasteiger partial charge in [0.25, 0.3) is 0 Å². The molecule has 27 heavy (non-hydrogen) atoms. The Morgan fingerprint density at radius 2 is 1.48 bits per heavy atom. The maximum absolute atomic E-state index is 14.7. The van der Waals surface area contributed by atoms with Crippen molar-refractivity contribution in [3.05, 3.63) is 41.1 Å². The number of hydrogen-bond acceptors (Lipinski definition) is 1. The van der Waals surface area contributed by atoms with Crippen LogP contribution in [0.5, 0.6) is 5.75 Å². The normalized spacial score (nSPS) is 14.0. The first-order valence-electron chi connectivity index (χ1n) is 8.90. The van der Waals surface area contributed by atoms with Crippen LogP contribution in [0.25, 0.3) is 0 Å². The standard InChI is InChI=1S/C19H26F6OSi/c1-5-27(6-2,7-3)16(18(22,23)19(24,25)17(20)21)13-10-14-8-11-15(26-4)12-9-14/h8-9,11-13,17H,5-7,10H2,1-4H3/b16-13+. The van der Waals surface area contributed by atoms with Crippen molar-refractivity contribution in [2.24, 2.45) is 0 Å². The number of methoxy groups -OCH3 is 1. The lowest BCUT2D eigenvalue weighted by molar-refractivity contribution is -0.244. The van der Waals surface area contributed by atoms with Gasteiger partial charge in [0.2, 0.25) is 0 Å². The maximum Gasteiger partial charge on any atom is 0.372 e. The van der Waals surface area contributed by atoms with E-state index in [9.17, 15) is 26.3 Å². The number of halogens is 6. The van der Waals surface area contributed by atoms with Gasteiger partial charge in [0.1, 0.15) is 5.75 Å². The third-order valence-electron chi connectivity index (χ3n) is 5.33. The zero-order chi connectivity index (χ0) is 20.9. The van der Waals surface area contributed by atoms with Gasteiger partial charge in [0.15, 0.2) is 0 Å². The summed E-state index contributed by atoms with van der Waals surface area (Å²) in [5.41, 5.74) is 0.607. The summed E-state index contributed by atoms with van der Waals surface area (Å²) in [7, 11) is -1.56. The van der Waals surface area contributed by atoms with Gasteiger partial charge in [0, 0.05) is 0 Å². The molecule has 0 atom stereocenters. The molecule has 154 valence electrons. The number of benzene rings is 1. The number of alkyl halides is 6. The number of ether oxygens (including phenoxy) is 1. The van der Waals surface area contributed by atoms with E-state index in [0.717, 1.165) is 6.08 Å². The van der Waals surface area contributed by atoms with E-state index in [1.807, 2.05) is 0 Å². The van der Waals surface area contributed by atoms with Crippen LogP contribution in [0.3, 0.4) is 0 Å². The summed E-state index contributed by atoms with van der Waals surface area (Å²) in [4.78, 5) is 0. The first-order valence-corrected chi connectivity index (χ1v) is 11.5. The predicted molar refractivity (Wildman–Crippen MR) is 97.9 cm³/mol. The lowest BCUT2D eigenvalue weighted by Gasteiger charge is -2.38. The van der Waals surface area contributed by atoms with Crippen LogP contribution in [0, 0.1) is 0 Å². The van der Waals surface area contributed by atoms with Gasteiger partial charge in [-0.2, -0.15) is 17.6 Å². The molecule has 0 aliphatic rings. The molecular formula is C19H26F6OSi. The minimum atomic E-state index is -5.41. The second-order valence-corrected chi connectivity index (χ2v) is 11.7. The molecule has 1 nitrogen and oxygen atoms in total. The van der Waals surface area contributed by atoms with Crippen molar-refractivity contribution in [1.29, 1.82) is 0 Å². The molecule has 0 aliphatic carbocycles. The fraction of sp³-hybridized carbons (Fsp3) is 0.579. The number of rotatable bonds is 10. The molecule has 1 aromatic rings. The third kappa shape index (κ3) is 4.70. The minimum Gasteiger partial charge on any atom is -0.497 e. The first kappa shape index (κ1) is 23.6. The van der Waals surface area contributed by atoms with Gasteiger partial charge >= 0.3 is 18.3 Å². The Bertz CT molecular complexity index is 615. The Morgan fingerprint density at radius 1 is 1.00 bits per heavy atom. The van der Waals surface area contributed by atoms with Crippen molar-refractivity contribution in [3.63, 3.8) is 0 Å². The molecule has 1 rings (SSSR count). The van der Waals surface area contributed by atoms with Gasteiger partial charge in [-0.1, -0.05) is 57.1 Å². The molecule has 0 spiro atoms. The highest BCUT2D eigenvalue weighted by molar-refractivity contribution is 6.86. The molecule has 0 unspecified atom stereocenters. The zero-order valence-electron chi connectivity index (χ0n) is 16.0. The van der Waals surface area contributed by atoms with Gasteiger partial charge in [-0.25, -0.2) is 8.78 Å². The minimum absolute atomic E-state index is 0.0387. The molecule has 0 saturated heterocycles. The number of hydrogen-bond donors (Lipinski definition) is 0. The summed E-state index contributed by atoms with van der Waals surface area (Å²) < 4.78 is 87.6. The predicted octanol–water partition coefficient (Wildman–Crippen LogP) is 6.75. The Kier molecular flexibility index (Phi) is 8.01. The summed E-state index contributed by atoms with van der Waals surface area (Å²) >= 11 is 0. The largest absolute Gasteiger partial charge is 0.497 e. The van der Waals surface area contributed by atoms with E-state index in [1.54, 1.807) is 45.0 Å². The van der Waals surface area contributed by atoms with Crippen LogP contribution < -0.4 is 4.74 Å². The average molecular weight is 412 g/mol. The van der Waals surface area contributed by atoms with Gasteiger partial charge in [-0.15, -0.1) is 0 Å². The Balaban J connectivity index is 3.44. The van der Waals surface area contributed by atoms with Crippen molar-refractivity contribution in [2.45, 2.75) is 63.6 Å². The molecule has 0 radical (unpaired) electrons. The van der Waals surface area contributed by atoms with E-state index in [2.05, 4.69) is 0 Å². The van der Waals surface area contributed by atoms with Crippen molar-refractivity contribution in [3.8, 4) is 5.75 Å². The van der Waals surface area contributed by atoms with Crippen LogP contribution in [-0.2, 0) is 6.42 Å². The van der Waals surface area contributed by atoms with Gasteiger partial charge in [-0.3, -0.25) is 0 Å². The van der Waals surface area contributed by atoms with Crippen molar-refractivity contribution in [2.75, 3.05) is 7.11 Å². The molecule has 0 aromatic heterocycles. The molecule has 0 N–H and O–H groups in total. The van der Waals surface area contributed by atoms with Crippen molar-refractivity contribution in [1.82, 2.24) is 0 Å². The molecule has 0 fully saturated rings. The smallest absolute Gasteiger partial charge is 0.372 e. The first-order chi connectivity index (χ1) is 12.5. The molecule has 1 aromatic carbocycles. The lowest BCUT2D eigenvalue weighted by Crippen LogP contribution is -2.54. The average Bonchev–Trinajstić information content (AvgIpc) is 2.65. The molecule has 0 saturated carbocycles. The van der Waals surface area contributed by atoms with Crippen LogP contribution in [0.4, 0.5) is 26.3 Å². The summed E-state index contributed by atoms with van der Waals surface area (Å²) in [6, 6.07) is 7.35. The highest BCUT2D eigenvalue weighted by Crippen LogP contribution is 2.49. The van der Waals surface area contributed by atoms with E-state index in [1.165, 1.54) is 7.11 Å². The van der Waals surface area contributed by atoms with Gasteiger partial charge in [-0.05, 0) is 29.3 Å². The van der Waals surface area contributed by atoms with Crippen LogP contribution in [0.15, 0.2) is 35.5 Å². The van der Waals surface area contributed by atoms with Crippen molar-refractivity contribution >= 4 is 8.07 Å². The van der Waals surface area contributed by atoms with Crippen molar-refractivity contribution < 1.29 is 31.1 Å². The Hall–Kier alpha value is -1.44. The second kappa shape index (κ2) is 9.17. The maximum atomic E-state index is 14.7. The highest BCUT2D eigenvalue weighted by atomic mass is 28.3. The quantitative estimate of drug-likeness (QED) is 0.305. The van der Waals surface area contributed by atoms with E-state index in [0.29, 0.717) is 11.3 Å². The second-order valence-electron chi connectivity index (χ2n) is 6.51. The number of allylic oxidation sites excluding steroid dienone is 2. The fourth-order valence-corrected chi connectivity index (χ4v) is 7.31. The van der Waals surface area contributed by atoms with E-state index >= 15 is 0 Å². The highest BCUT2D eigenvalue weighted by Gasteiger charge is 2.67. The van der Waals surface area contributed by atoms with Crippen LogP contribution in [-0.4, -0.2) is 33.5 Å². The summed E-state index contributed by atoms with van der Waals surface area (Å²) in [5, 5.41) is -0.774. The Labute approximate surface area is 157 Å². The lowest BCUT2D eigenvalue weighted by atomic mass is 10.1. The zero-order valence-corrected chi connectivity index (χ0v) is 17.0. The SMILES string of the molecule is CC[Si](CC)(CC)/C(=C/Cc1ccc(OC)cc1)C(F)(F)C(F)(F)C(F)F. The molecule has 0 bridgehead atoms. The van der Waals surface area contributed by atoms with E-state index in [-0.39, 0.29) is 24.6 Å². The topological polar surface area (TPSA) is 9.23 Å². The van der Waals surface area contributed by atoms with Crippen LogP contribution in [0.1, 0.15) is 26.3 Å². The molecule has 8 heteroatoms. The van der Waals surface area contributed by atoms with E-state index in [4.69, 9.17) is 4.74 Å². The summed E-state index contributed by atoms with van der Waals surface area (Å²) in [6.45, 7) is 4.99. The molecule has 0 amide bonds. The third-order valence-corrected chi connectivity index (χ3v) is 11.1. The van der Waals surface area contributed by atoms with E-state index < -0.39 is 31.5 Å². The Morgan fingerprint density at radius 3 is 1.85 bits per heavy atom. The molecule has 0 aliphatic heterocycles.